The fourth-order valence-corrected chi connectivity index (χ4v) is 6.95. The first-order valence-corrected chi connectivity index (χ1v) is 15.6. The van der Waals surface area contributed by atoms with E-state index >= 15 is 0 Å². The molecule has 6 rings (SSSR count). The van der Waals surface area contributed by atoms with Crippen LogP contribution in [0, 0.1) is 0 Å². The first kappa shape index (κ1) is 27.5. The SMILES string of the molecule is O=C(CSC1=Nc2ccccc2C2=NC(=O)C(CCC(=O)N3CCN(c4ccccc4)CC3)N12)NC1CCCCC1. The van der Waals surface area contributed by atoms with Gasteiger partial charge in [0.05, 0.1) is 11.4 Å². The van der Waals surface area contributed by atoms with Crippen LogP contribution >= 0.6 is 11.8 Å². The van der Waals surface area contributed by atoms with E-state index in [0.717, 1.165) is 50.0 Å². The van der Waals surface area contributed by atoms with Gasteiger partial charge in [-0.1, -0.05) is 61.4 Å². The third-order valence-electron chi connectivity index (χ3n) is 8.30. The summed E-state index contributed by atoms with van der Waals surface area (Å²) in [6, 6.07) is 17.5. The number of hydrogen-bond donors (Lipinski definition) is 1. The summed E-state index contributed by atoms with van der Waals surface area (Å²) in [5.41, 5.74) is 2.70. The van der Waals surface area contributed by atoms with Crippen LogP contribution < -0.4 is 10.2 Å². The zero-order valence-electron chi connectivity index (χ0n) is 23.2. The molecule has 0 aromatic heterocycles. The summed E-state index contributed by atoms with van der Waals surface area (Å²) in [6.07, 6.45) is 6.19. The second kappa shape index (κ2) is 12.5. The van der Waals surface area contributed by atoms with E-state index in [1.165, 1.54) is 23.9 Å². The molecule has 1 N–H and O–H groups in total. The number of rotatable bonds is 7. The zero-order chi connectivity index (χ0) is 28.2. The van der Waals surface area contributed by atoms with Crippen molar-refractivity contribution >= 4 is 51.9 Å². The van der Waals surface area contributed by atoms with Crippen molar-refractivity contribution in [1.82, 2.24) is 15.1 Å². The van der Waals surface area contributed by atoms with Crippen LogP contribution in [-0.2, 0) is 14.4 Å². The van der Waals surface area contributed by atoms with Gasteiger partial charge in [0.2, 0.25) is 11.8 Å². The van der Waals surface area contributed by atoms with Gasteiger partial charge in [-0.25, -0.2) is 4.99 Å². The number of piperazine rings is 1. The maximum Gasteiger partial charge on any atom is 0.270 e. The molecule has 1 aliphatic carbocycles. The van der Waals surface area contributed by atoms with Crippen LogP contribution in [0.5, 0.6) is 0 Å². The highest BCUT2D eigenvalue weighted by Gasteiger charge is 2.42. The van der Waals surface area contributed by atoms with Crippen molar-refractivity contribution < 1.29 is 14.4 Å². The fourth-order valence-electron chi connectivity index (χ4n) is 6.09. The van der Waals surface area contributed by atoms with E-state index in [0.29, 0.717) is 30.5 Å². The molecule has 4 aliphatic rings. The molecule has 3 heterocycles. The van der Waals surface area contributed by atoms with E-state index in [4.69, 9.17) is 4.99 Å². The van der Waals surface area contributed by atoms with Crippen molar-refractivity contribution in [3.8, 4) is 0 Å². The minimum absolute atomic E-state index is 0.0196. The molecule has 3 aliphatic heterocycles. The molecule has 1 saturated heterocycles. The second-order valence-electron chi connectivity index (χ2n) is 11.0. The molecular formula is C31H36N6O3S. The van der Waals surface area contributed by atoms with Crippen molar-refractivity contribution in [3.05, 3.63) is 60.2 Å². The van der Waals surface area contributed by atoms with Gasteiger partial charge in [0.1, 0.15) is 11.9 Å². The summed E-state index contributed by atoms with van der Waals surface area (Å²) in [5.74, 6) is 0.540. The topological polar surface area (TPSA) is 97.7 Å². The number of amides is 3. The minimum Gasteiger partial charge on any atom is -0.368 e. The van der Waals surface area contributed by atoms with E-state index in [1.807, 2.05) is 52.3 Å². The van der Waals surface area contributed by atoms with E-state index in [-0.39, 0.29) is 35.9 Å². The maximum absolute atomic E-state index is 13.2. The predicted octanol–water partition coefficient (Wildman–Crippen LogP) is 3.96. The van der Waals surface area contributed by atoms with Crippen LogP contribution in [0.25, 0.3) is 0 Å². The summed E-state index contributed by atoms with van der Waals surface area (Å²) in [6.45, 7) is 2.88. The summed E-state index contributed by atoms with van der Waals surface area (Å²) >= 11 is 1.33. The number of fused-ring (bicyclic) bond motifs is 3. The molecule has 0 bridgehead atoms. The van der Waals surface area contributed by atoms with Crippen LogP contribution in [0.3, 0.4) is 0 Å². The third-order valence-corrected chi connectivity index (χ3v) is 9.25. The molecule has 2 aromatic rings. The van der Waals surface area contributed by atoms with Crippen LogP contribution in [0.4, 0.5) is 11.4 Å². The van der Waals surface area contributed by atoms with Gasteiger partial charge in [-0.2, -0.15) is 4.99 Å². The Morgan fingerprint density at radius 2 is 1.63 bits per heavy atom. The van der Waals surface area contributed by atoms with Crippen LogP contribution in [0.15, 0.2) is 64.6 Å². The standard InChI is InChI=1S/C31H36N6O3S/c38-27(32-22-9-3-1-4-10-22)21-41-31-33-25-14-8-7-13-24(25)29-34-30(40)26(37(29)31)15-16-28(39)36-19-17-35(18-20-36)23-11-5-2-6-12-23/h2,5-8,11-14,22,26H,1,3-4,9-10,15-21H2,(H,32,38). The Labute approximate surface area is 245 Å². The Balaban J connectivity index is 1.09. The molecule has 10 heteroatoms. The lowest BCUT2D eigenvalue weighted by atomic mass is 9.95. The van der Waals surface area contributed by atoms with Crippen molar-refractivity contribution in [2.45, 2.75) is 57.0 Å². The highest BCUT2D eigenvalue weighted by molar-refractivity contribution is 8.14. The van der Waals surface area contributed by atoms with Gasteiger partial charge in [-0.15, -0.1) is 0 Å². The largest absolute Gasteiger partial charge is 0.368 e. The summed E-state index contributed by atoms with van der Waals surface area (Å²) < 4.78 is 0. The summed E-state index contributed by atoms with van der Waals surface area (Å²) in [5, 5.41) is 3.75. The average Bonchev–Trinajstić information content (AvgIpc) is 3.35. The number of benzene rings is 2. The number of amidine groups is 2. The van der Waals surface area contributed by atoms with Crippen molar-refractivity contribution in [1.29, 1.82) is 0 Å². The van der Waals surface area contributed by atoms with Gasteiger partial charge < -0.3 is 15.1 Å². The molecule has 214 valence electrons. The van der Waals surface area contributed by atoms with E-state index < -0.39 is 6.04 Å². The van der Waals surface area contributed by atoms with Gasteiger partial charge >= 0.3 is 0 Å². The summed E-state index contributed by atoms with van der Waals surface area (Å²) in [4.78, 5) is 54.5. The van der Waals surface area contributed by atoms with Crippen molar-refractivity contribution in [2.75, 3.05) is 36.8 Å². The number of carbonyl (C=O) groups excluding carboxylic acids is 3. The highest BCUT2D eigenvalue weighted by Crippen LogP contribution is 2.35. The lowest BCUT2D eigenvalue weighted by Gasteiger charge is -2.36. The van der Waals surface area contributed by atoms with Crippen LogP contribution in [0.1, 0.15) is 50.5 Å². The number of anilines is 1. The number of thioether (sulfide) groups is 1. The molecule has 0 radical (unpaired) electrons. The van der Waals surface area contributed by atoms with Gasteiger partial charge in [-0.05, 0) is 43.5 Å². The van der Waals surface area contributed by atoms with Gasteiger partial charge in [0.15, 0.2) is 5.17 Å². The van der Waals surface area contributed by atoms with Crippen LogP contribution in [-0.4, -0.2) is 82.5 Å². The van der Waals surface area contributed by atoms with Gasteiger partial charge in [0, 0.05) is 49.9 Å². The Bertz CT molecular complexity index is 1350. The molecule has 1 saturated carbocycles. The van der Waals surface area contributed by atoms with Gasteiger partial charge in [-0.3, -0.25) is 19.3 Å². The number of hydrogen-bond acceptors (Lipinski definition) is 7. The smallest absolute Gasteiger partial charge is 0.270 e. The molecule has 1 atom stereocenters. The Morgan fingerprint density at radius 3 is 2.41 bits per heavy atom. The zero-order valence-corrected chi connectivity index (χ0v) is 24.0. The third kappa shape index (κ3) is 6.17. The lowest BCUT2D eigenvalue weighted by molar-refractivity contribution is -0.132. The Kier molecular flexibility index (Phi) is 8.36. The van der Waals surface area contributed by atoms with Crippen molar-refractivity contribution in [3.63, 3.8) is 0 Å². The molecule has 1 unspecified atom stereocenters. The summed E-state index contributed by atoms with van der Waals surface area (Å²) in [7, 11) is 0. The normalized spacial score (nSPS) is 20.7. The Morgan fingerprint density at radius 1 is 0.902 bits per heavy atom. The molecule has 2 aromatic carbocycles. The molecule has 0 spiro atoms. The maximum atomic E-state index is 13.2. The number of aliphatic imine (C=N–C) groups is 2. The number of para-hydroxylation sites is 2. The predicted molar refractivity (Wildman–Crippen MR) is 163 cm³/mol. The van der Waals surface area contributed by atoms with E-state index in [2.05, 4.69) is 27.3 Å². The highest BCUT2D eigenvalue weighted by atomic mass is 32.2. The number of nitrogens with one attached hydrogen (secondary N) is 1. The van der Waals surface area contributed by atoms with E-state index in [1.54, 1.807) is 0 Å². The van der Waals surface area contributed by atoms with Crippen LogP contribution in [0.2, 0.25) is 0 Å². The first-order chi connectivity index (χ1) is 20.1. The molecular weight excluding hydrogens is 536 g/mol. The monoisotopic (exact) mass is 572 g/mol. The quantitative estimate of drug-likeness (QED) is 0.540. The molecule has 41 heavy (non-hydrogen) atoms. The average molecular weight is 573 g/mol. The fraction of sp³-hybridized carbons (Fsp3) is 0.452. The molecule has 3 amide bonds. The molecule has 2 fully saturated rings. The van der Waals surface area contributed by atoms with E-state index in [9.17, 15) is 14.4 Å². The second-order valence-corrected chi connectivity index (χ2v) is 11.9. The van der Waals surface area contributed by atoms with Gasteiger partial charge in [0.25, 0.3) is 5.91 Å². The number of nitrogens with zero attached hydrogens (tertiary/aromatic N) is 5. The lowest BCUT2D eigenvalue weighted by Crippen LogP contribution is -2.49. The number of carbonyl (C=O) groups is 3. The van der Waals surface area contributed by atoms with Crippen molar-refractivity contribution in [2.24, 2.45) is 9.98 Å². The molecule has 9 nitrogen and oxygen atoms in total. The minimum atomic E-state index is -0.611. The Hall–Kier alpha value is -3.66. The first-order valence-electron chi connectivity index (χ1n) is 14.7.